The van der Waals surface area contributed by atoms with Crippen LogP contribution in [-0.2, 0) is 13.1 Å². The van der Waals surface area contributed by atoms with Crippen LogP contribution >= 0.6 is 0 Å². The molecule has 1 heterocycles. The zero-order chi connectivity index (χ0) is 14.7. The van der Waals surface area contributed by atoms with E-state index in [-0.39, 0.29) is 5.69 Å². The number of carboxylic acid groups (broad SMARTS) is 1. The van der Waals surface area contributed by atoms with Gasteiger partial charge in [0.15, 0.2) is 11.5 Å². The molecular weight excluding hydrogens is 268 g/mol. The number of aromatic nitrogens is 1. The number of rotatable bonds is 5. The van der Waals surface area contributed by atoms with E-state index in [0.717, 1.165) is 0 Å². The van der Waals surface area contributed by atoms with Crippen molar-refractivity contribution in [3.63, 3.8) is 0 Å². The van der Waals surface area contributed by atoms with Gasteiger partial charge in [-0.05, 0) is 16.3 Å². The minimum Gasteiger partial charge on any atom is -0.476 e. The molecule has 0 unspecified atom stereocenters. The molecular formula is C16H14N2O3. The number of fused-ring (bicyclic) bond motifs is 1. The lowest BCUT2D eigenvalue weighted by atomic mass is 10.0. The molecule has 3 rings (SSSR count). The fourth-order valence-electron chi connectivity index (χ4n) is 2.26. The topological polar surface area (TPSA) is 75.4 Å². The molecule has 0 aliphatic heterocycles. The van der Waals surface area contributed by atoms with Crippen LogP contribution in [0.4, 0.5) is 0 Å². The molecule has 0 bridgehead atoms. The van der Waals surface area contributed by atoms with Crippen LogP contribution in [0.25, 0.3) is 10.8 Å². The molecule has 2 aromatic carbocycles. The maximum absolute atomic E-state index is 10.7. The van der Waals surface area contributed by atoms with Crippen molar-refractivity contribution in [1.29, 1.82) is 0 Å². The summed E-state index contributed by atoms with van der Waals surface area (Å²) in [5.74, 6) is -0.577. The molecule has 0 saturated heterocycles. The quantitative estimate of drug-likeness (QED) is 0.752. The summed E-state index contributed by atoms with van der Waals surface area (Å²) in [5.41, 5.74) is 1.11. The molecule has 5 heteroatoms. The molecule has 0 saturated carbocycles. The highest BCUT2D eigenvalue weighted by Crippen LogP contribution is 2.18. The van der Waals surface area contributed by atoms with E-state index in [1.54, 1.807) is 0 Å². The second-order valence-electron chi connectivity index (χ2n) is 4.73. The summed E-state index contributed by atoms with van der Waals surface area (Å²) in [6, 6.07) is 15.8. The fourth-order valence-corrected chi connectivity index (χ4v) is 2.26. The summed E-state index contributed by atoms with van der Waals surface area (Å²) in [6.07, 6.45) is 0. The van der Waals surface area contributed by atoms with Gasteiger partial charge in [0.25, 0.3) is 0 Å². The van der Waals surface area contributed by atoms with Crippen molar-refractivity contribution in [1.82, 2.24) is 10.5 Å². The minimum absolute atomic E-state index is 0.0723. The summed E-state index contributed by atoms with van der Waals surface area (Å²) in [5, 5.41) is 17.9. The van der Waals surface area contributed by atoms with E-state index < -0.39 is 5.97 Å². The molecule has 0 radical (unpaired) electrons. The van der Waals surface area contributed by atoms with Crippen molar-refractivity contribution in [3.8, 4) is 0 Å². The summed E-state index contributed by atoms with van der Waals surface area (Å²) < 4.78 is 4.96. The van der Waals surface area contributed by atoms with Gasteiger partial charge in [0.2, 0.25) is 0 Å². The predicted molar refractivity (Wildman–Crippen MR) is 78.0 cm³/mol. The van der Waals surface area contributed by atoms with Crippen molar-refractivity contribution in [3.05, 3.63) is 65.5 Å². The zero-order valence-corrected chi connectivity index (χ0v) is 11.2. The maximum atomic E-state index is 10.7. The van der Waals surface area contributed by atoms with Crippen molar-refractivity contribution < 1.29 is 14.4 Å². The lowest BCUT2D eigenvalue weighted by molar-refractivity contribution is 0.0685. The van der Waals surface area contributed by atoms with Crippen LogP contribution in [0.15, 0.2) is 53.1 Å². The van der Waals surface area contributed by atoms with Crippen molar-refractivity contribution in [2.75, 3.05) is 0 Å². The van der Waals surface area contributed by atoms with Gasteiger partial charge in [0, 0.05) is 12.6 Å². The molecule has 1 aromatic heterocycles. The number of nitrogens with one attached hydrogen (secondary N) is 1. The largest absolute Gasteiger partial charge is 0.476 e. The average molecular weight is 282 g/mol. The van der Waals surface area contributed by atoms with Gasteiger partial charge in [-0.3, -0.25) is 0 Å². The molecule has 5 nitrogen and oxygen atoms in total. The Kier molecular flexibility index (Phi) is 3.66. The lowest BCUT2D eigenvalue weighted by Crippen LogP contribution is -2.12. The minimum atomic E-state index is -1.08. The first-order chi connectivity index (χ1) is 10.2. The lowest BCUT2D eigenvalue weighted by Gasteiger charge is -2.07. The van der Waals surface area contributed by atoms with Gasteiger partial charge in [-0.15, -0.1) is 0 Å². The number of hydrogen-bond acceptors (Lipinski definition) is 4. The Balaban J connectivity index is 1.68. The Labute approximate surface area is 121 Å². The van der Waals surface area contributed by atoms with Crippen LogP contribution in [0.1, 0.15) is 21.8 Å². The van der Waals surface area contributed by atoms with Crippen molar-refractivity contribution in [2.45, 2.75) is 13.1 Å². The summed E-state index contributed by atoms with van der Waals surface area (Å²) in [7, 11) is 0. The Morgan fingerprint density at radius 2 is 1.95 bits per heavy atom. The number of carboxylic acids is 1. The number of nitrogens with zero attached hydrogens (tertiary/aromatic N) is 1. The maximum Gasteiger partial charge on any atom is 0.358 e. The molecule has 0 aliphatic rings. The number of hydrogen-bond donors (Lipinski definition) is 2. The molecule has 0 amide bonds. The van der Waals surface area contributed by atoms with Gasteiger partial charge in [-0.2, -0.15) is 0 Å². The van der Waals surface area contributed by atoms with Gasteiger partial charge in [0.1, 0.15) is 0 Å². The molecule has 21 heavy (non-hydrogen) atoms. The third kappa shape index (κ3) is 2.93. The Hall–Kier alpha value is -2.66. The molecule has 106 valence electrons. The molecule has 2 N–H and O–H groups in total. The van der Waals surface area contributed by atoms with E-state index in [2.05, 4.69) is 34.7 Å². The third-order valence-electron chi connectivity index (χ3n) is 3.27. The Morgan fingerprint density at radius 3 is 2.76 bits per heavy atom. The van der Waals surface area contributed by atoms with E-state index in [9.17, 15) is 4.79 Å². The van der Waals surface area contributed by atoms with Gasteiger partial charge in [-0.1, -0.05) is 47.6 Å². The molecule has 0 atom stereocenters. The first kappa shape index (κ1) is 13.3. The Bertz CT molecular complexity index is 775. The average Bonchev–Trinajstić information content (AvgIpc) is 2.97. The van der Waals surface area contributed by atoms with E-state index in [1.165, 1.54) is 22.4 Å². The zero-order valence-electron chi connectivity index (χ0n) is 11.2. The SMILES string of the molecule is O=C(O)c1cc(CNCc2cccc3ccccc23)on1. The third-order valence-corrected chi connectivity index (χ3v) is 3.27. The second kappa shape index (κ2) is 5.76. The van der Waals surface area contributed by atoms with Crippen LogP contribution < -0.4 is 5.32 Å². The second-order valence-corrected chi connectivity index (χ2v) is 4.73. The van der Waals surface area contributed by atoms with Crippen LogP contribution in [0.3, 0.4) is 0 Å². The van der Waals surface area contributed by atoms with E-state index in [1.807, 2.05) is 18.2 Å². The van der Waals surface area contributed by atoms with Crippen molar-refractivity contribution in [2.24, 2.45) is 0 Å². The number of aromatic carboxylic acids is 1. The monoisotopic (exact) mass is 282 g/mol. The smallest absolute Gasteiger partial charge is 0.358 e. The normalized spacial score (nSPS) is 10.9. The Morgan fingerprint density at radius 1 is 1.14 bits per heavy atom. The highest BCUT2D eigenvalue weighted by Gasteiger charge is 2.10. The van der Waals surface area contributed by atoms with E-state index >= 15 is 0 Å². The van der Waals surface area contributed by atoms with Crippen LogP contribution in [-0.4, -0.2) is 16.2 Å². The first-order valence-electron chi connectivity index (χ1n) is 6.60. The summed E-state index contributed by atoms with van der Waals surface area (Å²) in [6.45, 7) is 1.11. The van der Waals surface area contributed by atoms with Crippen molar-refractivity contribution >= 4 is 16.7 Å². The van der Waals surface area contributed by atoms with Crippen LogP contribution in [0.5, 0.6) is 0 Å². The summed E-state index contributed by atoms with van der Waals surface area (Å²) in [4.78, 5) is 10.7. The predicted octanol–water partition coefficient (Wildman–Crippen LogP) is 2.82. The number of benzene rings is 2. The first-order valence-corrected chi connectivity index (χ1v) is 6.60. The van der Waals surface area contributed by atoms with Gasteiger partial charge in [0.05, 0.1) is 6.54 Å². The molecule has 0 aliphatic carbocycles. The highest BCUT2D eigenvalue weighted by molar-refractivity contribution is 5.85. The fraction of sp³-hybridized carbons (Fsp3) is 0.125. The highest BCUT2D eigenvalue weighted by atomic mass is 16.5. The van der Waals surface area contributed by atoms with E-state index in [0.29, 0.717) is 18.8 Å². The molecule has 0 fully saturated rings. The molecule has 0 spiro atoms. The van der Waals surface area contributed by atoms with Crippen LogP contribution in [0.2, 0.25) is 0 Å². The standard InChI is InChI=1S/C16H14N2O3/c19-16(20)15-8-13(21-18-15)10-17-9-12-6-3-5-11-4-1-2-7-14(11)12/h1-8,17H,9-10H2,(H,19,20). The van der Waals surface area contributed by atoms with Gasteiger partial charge in [-0.25, -0.2) is 4.79 Å². The van der Waals surface area contributed by atoms with E-state index in [4.69, 9.17) is 9.63 Å². The summed E-state index contributed by atoms with van der Waals surface area (Å²) >= 11 is 0. The molecule has 3 aromatic rings. The van der Waals surface area contributed by atoms with Crippen LogP contribution in [0, 0.1) is 0 Å². The van der Waals surface area contributed by atoms with Gasteiger partial charge < -0.3 is 14.9 Å². The number of carbonyl (C=O) groups is 1. The van der Waals surface area contributed by atoms with Gasteiger partial charge >= 0.3 is 5.97 Å².